The van der Waals surface area contributed by atoms with E-state index in [9.17, 15) is 13.2 Å². The van der Waals surface area contributed by atoms with Gasteiger partial charge in [-0.05, 0) is 61.4 Å². The second-order valence-corrected chi connectivity index (χ2v) is 10.8. The zero-order chi connectivity index (χ0) is 25.5. The lowest BCUT2D eigenvalue weighted by atomic mass is 10.1. The van der Waals surface area contributed by atoms with Crippen LogP contribution in [0.5, 0.6) is 5.75 Å². The summed E-state index contributed by atoms with van der Waals surface area (Å²) >= 11 is 0. The molecule has 1 aliphatic rings. The zero-order valence-electron chi connectivity index (χ0n) is 20.8. The molecule has 0 spiro atoms. The molecule has 0 aromatic heterocycles. The number of ether oxygens (including phenoxy) is 1. The zero-order valence-corrected chi connectivity index (χ0v) is 21.6. The molecule has 7 nitrogen and oxygen atoms in total. The predicted molar refractivity (Wildman–Crippen MR) is 140 cm³/mol. The molecule has 4 rings (SSSR count). The Morgan fingerprint density at radius 3 is 2.17 bits per heavy atom. The minimum absolute atomic E-state index is 0.123. The van der Waals surface area contributed by atoms with E-state index < -0.39 is 10.0 Å². The first-order valence-corrected chi connectivity index (χ1v) is 13.7. The van der Waals surface area contributed by atoms with Gasteiger partial charge in [0.2, 0.25) is 10.0 Å². The number of hydrogen-bond donors (Lipinski definition) is 1. The summed E-state index contributed by atoms with van der Waals surface area (Å²) in [7, 11) is -3.45. The van der Waals surface area contributed by atoms with Crippen molar-refractivity contribution in [1.29, 1.82) is 0 Å². The number of amides is 1. The summed E-state index contributed by atoms with van der Waals surface area (Å²) in [5, 5.41) is 3.04. The molecule has 1 unspecified atom stereocenters. The molecule has 1 heterocycles. The fourth-order valence-corrected chi connectivity index (χ4v) is 5.72. The topological polar surface area (TPSA) is 79.0 Å². The van der Waals surface area contributed by atoms with E-state index in [2.05, 4.69) is 10.2 Å². The number of sulfonamides is 1. The van der Waals surface area contributed by atoms with Crippen LogP contribution in [0.25, 0.3) is 0 Å². The van der Waals surface area contributed by atoms with E-state index in [1.807, 2.05) is 68.4 Å². The third-order valence-electron chi connectivity index (χ3n) is 6.37. The van der Waals surface area contributed by atoms with E-state index in [1.165, 1.54) is 0 Å². The first-order valence-electron chi connectivity index (χ1n) is 12.3. The highest BCUT2D eigenvalue weighted by Crippen LogP contribution is 2.20. The number of piperazine rings is 1. The minimum atomic E-state index is -3.45. The summed E-state index contributed by atoms with van der Waals surface area (Å²) < 4.78 is 32.7. The summed E-state index contributed by atoms with van der Waals surface area (Å²) in [5.41, 5.74) is 2.71. The Hall–Kier alpha value is -3.20. The van der Waals surface area contributed by atoms with Crippen molar-refractivity contribution in [3.63, 3.8) is 0 Å². The second kappa shape index (κ2) is 11.7. The van der Waals surface area contributed by atoms with Gasteiger partial charge in [-0.1, -0.05) is 42.5 Å². The van der Waals surface area contributed by atoms with Gasteiger partial charge in [0.15, 0.2) is 0 Å². The van der Waals surface area contributed by atoms with Gasteiger partial charge in [-0.25, -0.2) is 8.42 Å². The van der Waals surface area contributed by atoms with Gasteiger partial charge in [-0.3, -0.25) is 9.69 Å². The average molecular weight is 508 g/mol. The fourth-order valence-electron chi connectivity index (χ4n) is 4.27. The van der Waals surface area contributed by atoms with Crippen molar-refractivity contribution in [2.45, 2.75) is 31.3 Å². The molecule has 3 aromatic carbocycles. The molecular weight excluding hydrogens is 474 g/mol. The predicted octanol–water partition coefficient (Wildman–Crippen LogP) is 4.08. The van der Waals surface area contributed by atoms with E-state index in [-0.39, 0.29) is 11.9 Å². The molecule has 0 aliphatic carbocycles. The Balaban J connectivity index is 1.28. The van der Waals surface area contributed by atoms with Crippen molar-refractivity contribution in [3.8, 4) is 5.75 Å². The van der Waals surface area contributed by atoms with Gasteiger partial charge in [0.1, 0.15) is 5.75 Å². The lowest BCUT2D eigenvalue weighted by Crippen LogP contribution is -2.48. The monoisotopic (exact) mass is 507 g/mol. The third-order valence-corrected chi connectivity index (χ3v) is 8.29. The number of benzene rings is 3. The van der Waals surface area contributed by atoms with E-state index in [1.54, 1.807) is 28.6 Å². The van der Waals surface area contributed by atoms with Crippen molar-refractivity contribution in [1.82, 2.24) is 14.5 Å². The van der Waals surface area contributed by atoms with E-state index >= 15 is 0 Å². The van der Waals surface area contributed by atoms with Gasteiger partial charge < -0.3 is 10.1 Å². The van der Waals surface area contributed by atoms with Crippen LogP contribution >= 0.6 is 0 Å². The van der Waals surface area contributed by atoms with Gasteiger partial charge in [-0.2, -0.15) is 4.31 Å². The number of rotatable bonds is 9. The van der Waals surface area contributed by atoms with Gasteiger partial charge in [0, 0.05) is 38.3 Å². The van der Waals surface area contributed by atoms with Crippen molar-refractivity contribution in [2.24, 2.45) is 0 Å². The Morgan fingerprint density at radius 1 is 0.917 bits per heavy atom. The van der Waals surface area contributed by atoms with Gasteiger partial charge in [0.25, 0.3) is 5.91 Å². The van der Waals surface area contributed by atoms with Crippen molar-refractivity contribution in [2.75, 3.05) is 32.8 Å². The third kappa shape index (κ3) is 6.32. The normalized spacial score (nSPS) is 15.8. The summed E-state index contributed by atoms with van der Waals surface area (Å²) in [4.78, 5) is 15.3. The van der Waals surface area contributed by atoms with Crippen molar-refractivity contribution >= 4 is 15.9 Å². The summed E-state index contributed by atoms with van der Waals surface area (Å²) in [6, 6.07) is 23.8. The Kier molecular flexibility index (Phi) is 8.40. The standard InChI is InChI=1S/C28H33N3O4S/c1-3-35-26-15-13-24(14-16-26)22(2)29-28(32)25-11-9-23(10-12-25)21-30-17-19-31(20-18-30)36(33,34)27-7-5-4-6-8-27/h4-16,22H,3,17-21H2,1-2H3,(H,29,32). The van der Waals surface area contributed by atoms with E-state index in [0.717, 1.165) is 16.9 Å². The van der Waals surface area contributed by atoms with Crippen LogP contribution in [0.4, 0.5) is 0 Å². The van der Waals surface area contributed by atoms with Crippen LogP contribution in [0.2, 0.25) is 0 Å². The Morgan fingerprint density at radius 2 is 1.56 bits per heavy atom. The van der Waals surface area contributed by atoms with Gasteiger partial charge >= 0.3 is 0 Å². The van der Waals surface area contributed by atoms with Crippen LogP contribution in [-0.2, 0) is 16.6 Å². The molecule has 1 amide bonds. The van der Waals surface area contributed by atoms with Crippen LogP contribution in [0.15, 0.2) is 83.8 Å². The average Bonchev–Trinajstić information content (AvgIpc) is 2.90. The van der Waals surface area contributed by atoms with E-state index in [4.69, 9.17) is 4.74 Å². The molecule has 0 radical (unpaired) electrons. The first kappa shape index (κ1) is 25.9. The van der Waals surface area contributed by atoms with Crippen LogP contribution in [0, 0.1) is 0 Å². The molecule has 8 heteroatoms. The number of carbonyl (C=O) groups excluding carboxylic acids is 1. The summed E-state index contributed by atoms with van der Waals surface area (Å²) in [5.74, 6) is 0.692. The number of hydrogen-bond acceptors (Lipinski definition) is 5. The Labute approximate surface area is 213 Å². The molecule has 36 heavy (non-hydrogen) atoms. The molecule has 1 fully saturated rings. The fraction of sp³-hybridized carbons (Fsp3) is 0.321. The highest BCUT2D eigenvalue weighted by molar-refractivity contribution is 7.89. The van der Waals surface area contributed by atoms with Crippen molar-refractivity contribution in [3.05, 3.63) is 95.6 Å². The van der Waals surface area contributed by atoms with Crippen LogP contribution in [-0.4, -0.2) is 56.3 Å². The molecule has 1 saturated heterocycles. The maximum atomic E-state index is 12.8. The van der Waals surface area contributed by atoms with Crippen molar-refractivity contribution < 1.29 is 17.9 Å². The summed E-state index contributed by atoms with van der Waals surface area (Å²) in [6.07, 6.45) is 0. The molecule has 0 saturated carbocycles. The smallest absolute Gasteiger partial charge is 0.251 e. The van der Waals surface area contributed by atoms with Crippen LogP contribution in [0.1, 0.15) is 41.4 Å². The molecule has 1 N–H and O–H groups in total. The van der Waals surface area contributed by atoms with E-state index in [0.29, 0.717) is 49.8 Å². The maximum absolute atomic E-state index is 12.8. The van der Waals surface area contributed by atoms with Gasteiger partial charge in [-0.15, -0.1) is 0 Å². The maximum Gasteiger partial charge on any atom is 0.251 e. The second-order valence-electron chi connectivity index (χ2n) is 8.89. The Bertz CT molecular complexity index is 1240. The highest BCUT2D eigenvalue weighted by atomic mass is 32.2. The molecule has 3 aromatic rings. The molecule has 1 atom stereocenters. The summed E-state index contributed by atoms with van der Waals surface area (Å²) in [6.45, 7) is 7.48. The largest absolute Gasteiger partial charge is 0.494 e. The van der Waals surface area contributed by atoms with Crippen LogP contribution in [0.3, 0.4) is 0 Å². The molecule has 1 aliphatic heterocycles. The quantitative estimate of drug-likeness (QED) is 0.472. The number of carbonyl (C=O) groups is 1. The van der Waals surface area contributed by atoms with Gasteiger partial charge in [0.05, 0.1) is 17.5 Å². The SMILES string of the molecule is CCOc1ccc(C(C)NC(=O)c2ccc(CN3CCN(S(=O)(=O)c4ccccc4)CC3)cc2)cc1. The first-order chi connectivity index (χ1) is 17.4. The molecular formula is C28H33N3O4S. The van der Waals surface area contributed by atoms with Crippen LogP contribution < -0.4 is 10.1 Å². The number of nitrogens with zero attached hydrogens (tertiary/aromatic N) is 2. The number of nitrogens with one attached hydrogen (secondary N) is 1. The lowest BCUT2D eigenvalue weighted by Gasteiger charge is -2.34. The minimum Gasteiger partial charge on any atom is -0.494 e. The molecule has 190 valence electrons. The lowest BCUT2D eigenvalue weighted by molar-refractivity contribution is 0.0940. The molecule has 0 bridgehead atoms. The highest BCUT2D eigenvalue weighted by Gasteiger charge is 2.28.